The zero-order chi connectivity index (χ0) is 29.2. The number of thioether (sulfide) groups is 1. The monoisotopic (exact) mass is 566 g/mol. The highest BCUT2D eigenvalue weighted by Gasteiger charge is 2.16. The molecule has 41 heavy (non-hydrogen) atoms. The van der Waals surface area contributed by atoms with Gasteiger partial charge in [-0.3, -0.25) is 24.5 Å². The Morgan fingerprint density at radius 2 is 1.54 bits per heavy atom. The highest BCUT2D eigenvalue weighted by Crippen LogP contribution is 2.22. The second-order valence-electron chi connectivity index (χ2n) is 8.91. The number of hydrogen-bond donors (Lipinski definition) is 3. The third kappa shape index (κ3) is 8.64. The van der Waals surface area contributed by atoms with E-state index < -0.39 is 16.7 Å². The summed E-state index contributed by atoms with van der Waals surface area (Å²) < 4.78 is 0. The Hall–Kier alpha value is -5.22. The molecule has 206 valence electrons. The smallest absolute Gasteiger partial charge is 0.272 e. The van der Waals surface area contributed by atoms with Gasteiger partial charge in [0.15, 0.2) is 0 Å². The molecule has 0 aliphatic rings. The van der Waals surface area contributed by atoms with Crippen molar-refractivity contribution >= 4 is 52.6 Å². The molecular formula is C31H26N4O5S. The number of nitrogens with zero attached hydrogens (tertiary/aromatic N) is 1. The Morgan fingerprint density at radius 1 is 0.829 bits per heavy atom. The molecule has 4 aromatic rings. The van der Waals surface area contributed by atoms with Crippen molar-refractivity contribution in [1.29, 1.82) is 0 Å². The van der Waals surface area contributed by atoms with Crippen LogP contribution in [-0.4, -0.2) is 28.4 Å². The number of benzene rings is 4. The third-order valence-corrected chi connectivity index (χ3v) is 6.74. The molecule has 0 aromatic heterocycles. The molecule has 0 saturated heterocycles. The van der Waals surface area contributed by atoms with Crippen LogP contribution in [0.15, 0.2) is 114 Å². The number of nitro benzene ring substituents is 1. The van der Waals surface area contributed by atoms with Crippen molar-refractivity contribution in [2.24, 2.45) is 0 Å². The molecule has 0 fully saturated rings. The first-order valence-corrected chi connectivity index (χ1v) is 13.5. The van der Waals surface area contributed by atoms with Crippen molar-refractivity contribution in [1.82, 2.24) is 5.32 Å². The minimum Gasteiger partial charge on any atom is -0.325 e. The van der Waals surface area contributed by atoms with Crippen LogP contribution in [0, 0.1) is 17.0 Å². The zero-order valence-electron chi connectivity index (χ0n) is 22.0. The van der Waals surface area contributed by atoms with Crippen molar-refractivity contribution in [3.05, 3.63) is 136 Å². The molecule has 3 amide bonds. The van der Waals surface area contributed by atoms with Crippen LogP contribution in [0.4, 0.5) is 17.1 Å². The van der Waals surface area contributed by atoms with E-state index in [0.29, 0.717) is 16.8 Å². The molecule has 0 spiro atoms. The second-order valence-corrected chi connectivity index (χ2v) is 9.96. The van der Waals surface area contributed by atoms with Gasteiger partial charge in [0.2, 0.25) is 5.91 Å². The van der Waals surface area contributed by atoms with Crippen LogP contribution in [-0.2, 0) is 9.59 Å². The number of carbonyl (C=O) groups is 3. The molecule has 0 saturated carbocycles. The van der Waals surface area contributed by atoms with Crippen molar-refractivity contribution in [2.45, 2.75) is 11.8 Å². The van der Waals surface area contributed by atoms with Gasteiger partial charge in [-0.05, 0) is 84.8 Å². The van der Waals surface area contributed by atoms with Gasteiger partial charge >= 0.3 is 0 Å². The van der Waals surface area contributed by atoms with Gasteiger partial charge < -0.3 is 16.0 Å². The molecule has 0 aliphatic heterocycles. The minimum absolute atomic E-state index is 0.0426. The maximum Gasteiger partial charge on any atom is 0.272 e. The Morgan fingerprint density at radius 3 is 2.20 bits per heavy atom. The molecule has 0 radical (unpaired) electrons. The molecule has 4 rings (SSSR count). The molecule has 4 aromatic carbocycles. The highest BCUT2D eigenvalue weighted by atomic mass is 32.2. The van der Waals surface area contributed by atoms with E-state index in [1.54, 1.807) is 54.6 Å². The average Bonchev–Trinajstić information content (AvgIpc) is 2.97. The van der Waals surface area contributed by atoms with E-state index in [1.165, 1.54) is 42.1 Å². The molecule has 0 bridgehead atoms. The van der Waals surface area contributed by atoms with Crippen LogP contribution in [0.5, 0.6) is 0 Å². The first-order chi connectivity index (χ1) is 19.8. The summed E-state index contributed by atoms with van der Waals surface area (Å²) in [5.41, 5.74) is 3.00. The van der Waals surface area contributed by atoms with Crippen LogP contribution in [0.3, 0.4) is 0 Å². The highest BCUT2D eigenvalue weighted by molar-refractivity contribution is 8.00. The van der Waals surface area contributed by atoms with Crippen molar-refractivity contribution in [3.8, 4) is 0 Å². The number of aryl methyl sites for hydroxylation is 1. The van der Waals surface area contributed by atoms with E-state index in [-0.39, 0.29) is 23.0 Å². The number of rotatable bonds is 10. The largest absolute Gasteiger partial charge is 0.325 e. The van der Waals surface area contributed by atoms with Gasteiger partial charge in [-0.2, -0.15) is 0 Å². The fourth-order valence-corrected chi connectivity index (χ4v) is 4.40. The molecule has 0 unspecified atom stereocenters. The van der Waals surface area contributed by atoms with E-state index in [0.717, 1.165) is 16.1 Å². The average molecular weight is 567 g/mol. The zero-order valence-corrected chi connectivity index (χ0v) is 22.8. The quantitative estimate of drug-likeness (QED) is 0.0928. The lowest BCUT2D eigenvalue weighted by Gasteiger charge is -2.12. The lowest BCUT2D eigenvalue weighted by Crippen LogP contribution is -2.30. The van der Waals surface area contributed by atoms with Crippen molar-refractivity contribution in [2.75, 3.05) is 16.4 Å². The van der Waals surface area contributed by atoms with Gasteiger partial charge in [-0.15, -0.1) is 11.8 Å². The maximum absolute atomic E-state index is 13.2. The minimum atomic E-state index is -0.578. The van der Waals surface area contributed by atoms with Gasteiger partial charge in [0.05, 0.1) is 10.7 Å². The fraction of sp³-hybridized carbons (Fsp3) is 0.0645. The van der Waals surface area contributed by atoms with Crippen molar-refractivity contribution in [3.63, 3.8) is 0 Å². The van der Waals surface area contributed by atoms with E-state index in [2.05, 4.69) is 16.0 Å². The lowest BCUT2D eigenvalue weighted by atomic mass is 10.1. The number of anilines is 2. The number of nitro groups is 1. The number of nitrogens with one attached hydrogen (secondary N) is 3. The Bertz CT molecular complexity index is 1590. The molecule has 10 heteroatoms. The first kappa shape index (κ1) is 28.8. The Kier molecular flexibility index (Phi) is 9.63. The lowest BCUT2D eigenvalue weighted by molar-refractivity contribution is -0.384. The topological polar surface area (TPSA) is 130 Å². The summed E-state index contributed by atoms with van der Waals surface area (Å²) in [4.78, 5) is 49.6. The van der Waals surface area contributed by atoms with Gasteiger partial charge in [0.25, 0.3) is 17.5 Å². The molecule has 3 N–H and O–H groups in total. The molecule has 0 atom stereocenters. The van der Waals surface area contributed by atoms with E-state index in [1.807, 2.05) is 31.2 Å². The van der Waals surface area contributed by atoms with E-state index >= 15 is 0 Å². The van der Waals surface area contributed by atoms with Crippen LogP contribution < -0.4 is 16.0 Å². The predicted molar refractivity (Wildman–Crippen MR) is 161 cm³/mol. The molecule has 9 nitrogen and oxygen atoms in total. The van der Waals surface area contributed by atoms with Gasteiger partial charge in [-0.1, -0.05) is 30.3 Å². The summed E-state index contributed by atoms with van der Waals surface area (Å²) in [5, 5.41) is 19.2. The normalized spacial score (nSPS) is 10.9. The fourth-order valence-electron chi connectivity index (χ4n) is 3.70. The number of hydrogen-bond acceptors (Lipinski definition) is 6. The van der Waals surface area contributed by atoms with Gasteiger partial charge in [-0.25, -0.2) is 0 Å². The van der Waals surface area contributed by atoms with Crippen LogP contribution >= 0.6 is 11.8 Å². The predicted octanol–water partition coefficient (Wildman–Crippen LogP) is 6.04. The molecule has 0 aliphatic carbocycles. The Labute approximate surface area is 240 Å². The summed E-state index contributed by atoms with van der Waals surface area (Å²) in [6.07, 6.45) is 1.44. The van der Waals surface area contributed by atoms with E-state index in [9.17, 15) is 24.5 Å². The second kappa shape index (κ2) is 13.7. The maximum atomic E-state index is 13.2. The standard InChI is InChI=1S/C31H26N4O5S/c1-21-6-5-9-25(18-21)32-29(36)20-41-27-16-12-24(13-17-27)33-31(38)28(34-30(37)23-7-3-2-4-8-23)19-22-10-14-26(15-11-22)35(39)40/h2-19H,20H2,1H3,(H,32,36)(H,33,38)(H,34,37)/b28-19-. The van der Waals surface area contributed by atoms with Gasteiger partial charge in [0, 0.05) is 34.0 Å². The number of non-ortho nitro benzene ring substituents is 1. The van der Waals surface area contributed by atoms with Crippen LogP contribution in [0.1, 0.15) is 21.5 Å². The summed E-state index contributed by atoms with van der Waals surface area (Å²) in [5.74, 6) is -0.976. The van der Waals surface area contributed by atoms with Crippen molar-refractivity contribution < 1.29 is 19.3 Å². The van der Waals surface area contributed by atoms with Crippen LogP contribution in [0.25, 0.3) is 6.08 Å². The number of carbonyl (C=O) groups excluding carboxylic acids is 3. The third-order valence-electron chi connectivity index (χ3n) is 5.73. The first-order valence-electron chi connectivity index (χ1n) is 12.5. The summed E-state index contributed by atoms with van der Waals surface area (Å²) in [6.45, 7) is 1.95. The van der Waals surface area contributed by atoms with Crippen LogP contribution in [0.2, 0.25) is 0 Å². The SMILES string of the molecule is Cc1cccc(NC(=O)CSc2ccc(NC(=O)/C(=C/c3ccc([N+](=O)[O-])cc3)NC(=O)c3ccccc3)cc2)c1. The van der Waals surface area contributed by atoms with E-state index in [4.69, 9.17) is 0 Å². The molecular weight excluding hydrogens is 540 g/mol. The number of amides is 3. The van der Waals surface area contributed by atoms with Gasteiger partial charge in [0.1, 0.15) is 5.70 Å². The molecule has 0 heterocycles. The summed E-state index contributed by atoms with van der Waals surface area (Å²) >= 11 is 1.36. The summed E-state index contributed by atoms with van der Waals surface area (Å²) in [7, 11) is 0. The summed E-state index contributed by atoms with van der Waals surface area (Å²) in [6, 6.07) is 28.6. The Balaban J connectivity index is 1.42.